The molecule has 1 atom stereocenters. The van der Waals surface area contributed by atoms with Crippen molar-refractivity contribution in [3.63, 3.8) is 0 Å². The van der Waals surface area contributed by atoms with Gasteiger partial charge < -0.3 is 10.2 Å². The van der Waals surface area contributed by atoms with E-state index in [9.17, 15) is 9.50 Å². The number of hydrogen-bond donors (Lipinski definition) is 2. The van der Waals surface area contributed by atoms with E-state index in [1.807, 2.05) is 24.3 Å². The summed E-state index contributed by atoms with van der Waals surface area (Å²) >= 11 is 0. The highest BCUT2D eigenvalue weighted by Crippen LogP contribution is 2.19. The molecular weight excluding hydrogens is 367 g/mol. The van der Waals surface area contributed by atoms with Gasteiger partial charge in [0.1, 0.15) is 5.82 Å². The maximum absolute atomic E-state index is 14.0. The van der Waals surface area contributed by atoms with E-state index in [-0.39, 0.29) is 25.1 Å². The molecule has 5 heteroatoms. The first kappa shape index (κ1) is 21.5. The van der Waals surface area contributed by atoms with Gasteiger partial charge in [-0.15, -0.1) is 0 Å². The highest BCUT2D eigenvalue weighted by Gasteiger charge is 2.27. The third kappa shape index (κ3) is 6.38. The van der Waals surface area contributed by atoms with Gasteiger partial charge in [0.2, 0.25) is 0 Å². The van der Waals surface area contributed by atoms with E-state index < -0.39 is 0 Å². The lowest BCUT2D eigenvalue weighted by Crippen LogP contribution is -2.52. The van der Waals surface area contributed by atoms with Crippen LogP contribution in [0.25, 0.3) is 0 Å². The number of piperazine rings is 1. The molecule has 0 saturated carbocycles. The zero-order valence-electron chi connectivity index (χ0n) is 16.7. The molecule has 0 aromatic heterocycles. The predicted octanol–water partition coefficient (Wildman–Crippen LogP) is 2.63. The normalized spacial score (nSPS) is 17.7. The minimum atomic E-state index is -0.167. The average Bonchev–Trinajstić information content (AvgIpc) is 2.73. The van der Waals surface area contributed by atoms with E-state index in [1.54, 1.807) is 6.07 Å². The van der Waals surface area contributed by atoms with Crippen LogP contribution in [0.3, 0.4) is 0 Å². The molecule has 2 aromatic rings. The highest BCUT2D eigenvalue weighted by atomic mass is 19.1. The fourth-order valence-electron chi connectivity index (χ4n) is 3.75. The van der Waals surface area contributed by atoms with Crippen LogP contribution in [0.15, 0.2) is 48.5 Å². The van der Waals surface area contributed by atoms with Gasteiger partial charge in [0.05, 0.1) is 6.61 Å². The topological polar surface area (TPSA) is 46.9 Å². The van der Waals surface area contributed by atoms with Crippen molar-refractivity contribution in [3.8, 4) is 11.8 Å². The minimum Gasteiger partial charge on any atom is -0.396 e. The van der Waals surface area contributed by atoms with Crippen molar-refractivity contribution in [2.24, 2.45) is 0 Å². The molecule has 2 N–H and O–H groups in total. The third-order valence-corrected chi connectivity index (χ3v) is 5.31. The Bertz CT molecular complexity index is 829. The summed E-state index contributed by atoms with van der Waals surface area (Å²) in [5.41, 5.74) is 2.89. The van der Waals surface area contributed by atoms with Gasteiger partial charge in [-0.2, -0.15) is 0 Å². The van der Waals surface area contributed by atoms with Gasteiger partial charge in [0.25, 0.3) is 0 Å². The number of hydrogen-bond acceptors (Lipinski definition) is 4. The fourth-order valence-corrected chi connectivity index (χ4v) is 3.75. The summed E-state index contributed by atoms with van der Waals surface area (Å²) in [5, 5.41) is 18.3. The van der Waals surface area contributed by atoms with Gasteiger partial charge in [0.15, 0.2) is 0 Å². The van der Waals surface area contributed by atoms with Crippen molar-refractivity contribution in [1.82, 2.24) is 9.80 Å². The standard InChI is InChI=1S/C24H29FN2O2/c25-24-7-2-1-6-22(24)18-27-14-13-26(19-23(27)12-16-29)17-21-10-8-20(9-11-21)5-3-4-15-28/h1-2,6-11,23,28-29H,4,12-19H2/t23-/m1/s1. The first-order chi connectivity index (χ1) is 14.2. The number of nitrogens with zero attached hydrogens (tertiary/aromatic N) is 2. The van der Waals surface area contributed by atoms with Crippen molar-refractivity contribution >= 4 is 0 Å². The van der Waals surface area contributed by atoms with Crippen molar-refractivity contribution in [2.75, 3.05) is 32.8 Å². The molecule has 1 heterocycles. The maximum atomic E-state index is 14.0. The first-order valence-corrected chi connectivity index (χ1v) is 10.2. The Morgan fingerprint density at radius 3 is 2.48 bits per heavy atom. The lowest BCUT2D eigenvalue weighted by Gasteiger charge is -2.41. The first-order valence-electron chi connectivity index (χ1n) is 10.2. The minimum absolute atomic E-state index is 0.0863. The molecule has 4 nitrogen and oxygen atoms in total. The third-order valence-electron chi connectivity index (χ3n) is 5.31. The second-order valence-electron chi connectivity index (χ2n) is 7.44. The maximum Gasteiger partial charge on any atom is 0.127 e. The quantitative estimate of drug-likeness (QED) is 0.707. The summed E-state index contributed by atoms with van der Waals surface area (Å²) in [7, 11) is 0. The van der Waals surface area contributed by atoms with Gasteiger partial charge >= 0.3 is 0 Å². The van der Waals surface area contributed by atoms with Gasteiger partial charge in [-0.3, -0.25) is 9.80 Å². The monoisotopic (exact) mass is 396 g/mol. The summed E-state index contributed by atoms with van der Waals surface area (Å²) in [6, 6.07) is 15.3. The molecule has 2 aromatic carbocycles. The molecule has 0 aliphatic carbocycles. The molecule has 0 amide bonds. The summed E-state index contributed by atoms with van der Waals surface area (Å²) < 4.78 is 14.0. The molecule has 0 spiro atoms. The van der Waals surface area contributed by atoms with Gasteiger partial charge in [-0.25, -0.2) is 4.39 Å². The fraction of sp³-hybridized carbons (Fsp3) is 0.417. The number of aliphatic hydroxyl groups is 2. The SMILES string of the molecule is OCCC#Cc1ccc(CN2CCN(Cc3ccccc3F)[C@H](CCO)C2)cc1. The summed E-state index contributed by atoms with van der Waals surface area (Å²) in [4.78, 5) is 4.68. The smallest absolute Gasteiger partial charge is 0.127 e. The molecule has 1 fully saturated rings. The second kappa shape index (κ2) is 11.1. The van der Waals surface area contributed by atoms with E-state index in [4.69, 9.17) is 5.11 Å². The van der Waals surface area contributed by atoms with E-state index >= 15 is 0 Å². The molecule has 1 aliphatic heterocycles. The van der Waals surface area contributed by atoms with Crippen molar-refractivity contribution < 1.29 is 14.6 Å². The Morgan fingerprint density at radius 1 is 0.966 bits per heavy atom. The van der Waals surface area contributed by atoms with Crippen LogP contribution < -0.4 is 0 Å². The van der Waals surface area contributed by atoms with Gasteiger partial charge in [-0.05, 0) is 30.2 Å². The van der Waals surface area contributed by atoms with Crippen molar-refractivity contribution in [1.29, 1.82) is 0 Å². The van der Waals surface area contributed by atoms with Gasteiger partial charge in [-0.1, -0.05) is 42.2 Å². The molecule has 29 heavy (non-hydrogen) atoms. The molecular formula is C24H29FN2O2. The molecule has 1 aliphatic rings. The summed E-state index contributed by atoms with van der Waals surface area (Å²) in [6.45, 7) is 4.26. The number of aliphatic hydroxyl groups excluding tert-OH is 2. The molecule has 0 unspecified atom stereocenters. The predicted molar refractivity (Wildman–Crippen MR) is 113 cm³/mol. The summed E-state index contributed by atoms with van der Waals surface area (Å²) in [6.07, 6.45) is 1.18. The van der Waals surface area contributed by atoms with Crippen LogP contribution in [0.1, 0.15) is 29.5 Å². The Balaban J connectivity index is 1.59. The number of benzene rings is 2. The molecule has 0 bridgehead atoms. The van der Waals surface area contributed by atoms with E-state index in [2.05, 4.69) is 33.8 Å². The van der Waals surface area contributed by atoms with Gasteiger partial charge in [0, 0.05) is 62.9 Å². The lowest BCUT2D eigenvalue weighted by atomic mass is 10.1. The van der Waals surface area contributed by atoms with E-state index in [1.165, 1.54) is 11.6 Å². The second-order valence-corrected chi connectivity index (χ2v) is 7.44. The van der Waals surface area contributed by atoms with Crippen LogP contribution in [0.5, 0.6) is 0 Å². The molecule has 1 saturated heterocycles. The van der Waals surface area contributed by atoms with Crippen LogP contribution in [-0.2, 0) is 13.1 Å². The Labute approximate surface area is 172 Å². The van der Waals surface area contributed by atoms with Crippen LogP contribution in [0.4, 0.5) is 4.39 Å². The van der Waals surface area contributed by atoms with Crippen LogP contribution in [0.2, 0.25) is 0 Å². The highest BCUT2D eigenvalue weighted by molar-refractivity contribution is 5.36. The van der Waals surface area contributed by atoms with Crippen LogP contribution in [0, 0.1) is 17.7 Å². The van der Waals surface area contributed by atoms with Crippen LogP contribution in [-0.4, -0.2) is 58.9 Å². The Morgan fingerprint density at radius 2 is 1.76 bits per heavy atom. The zero-order chi connectivity index (χ0) is 20.5. The van der Waals surface area contributed by atoms with Crippen molar-refractivity contribution in [2.45, 2.75) is 32.0 Å². The Kier molecular flexibility index (Phi) is 8.21. The Hall–Kier alpha value is -2.23. The number of rotatable bonds is 7. The number of halogens is 1. The summed E-state index contributed by atoms with van der Waals surface area (Å²) in [5.74, 6) is 5.81. The largest absolute Gasteiger partial charge is 0.396 e. The molecule has 0 radical (unpaired) electrons. The lowest BCUT2D eigenvalue weighted by molar-refractivity contribution is 0.0493. The molecule has 154 valence electrons. The average molecular weight is 397 g/mol. The van der Waals surface area contributed by atoms with E-state index in [0.29, 0.717) is 24.9 Å². The molecule has 3 rings (SSSR count). The van der Waals surface area contributed by atoms with E-state index in [0.717, 1.165) is 31.7 Å². The zero-order valence-corrected chi connectivity index (χ0v) is 16.7. The van der Waals surface area contributed by atoms with Crippen molar-refractivity contribution in [3.05, 3.63) is 71.0 Å². The van der Waals surface area contributed by atoms with Crippen LogP contribution >= 0.6 is 0 Å².